The van der Waals surface area contributed by atoms with Crippen molar-refractivity contribution in [2.45, 2.75) is 31.7 Å². The zero-order chi connectivity index (χ0) is 18.8. The van der Waals surface area contributed by atoms with Crippen LogP contribution in [0.2, 0.25) is 0 Å². The predicted octanol–water partition coefficient (Wildman–Crippen LogP) is 5.20. The second-order valence-electron chi connectivity index (χ2n) is 6.97. The van der Waals surface area contributed by atoms with Crippen molar-refractivity contribution in [2.24, 2.45) is 4.99 Å². The lowest BCUT2D eigenvalue weighted by molar-refractivity contribution is 0.519. The van der Waals surface area contributed by atoms with Gasteiger partial charge >= 0.3 is 0 Å². The summed E-state index contributed by atoms with van der Waals surface area (Å²) in [6, 6.07) is 16.9. The number of benzene rings is 2. The Labute approximate surface area is 165 Å². The van der Waals surface area contributed by atoms with Crippen LogP contribution >= 0.6 is 12.2 Å². The zero-order valence-corrected chi connectivity index (χ0v) is 16.1. The van der Waals surface area contributed by atoms with Crippen molar-refractivity contribution >= 4 is 34.0 Å². The van der Waals surface area contributed by atoms with Gasteiger partial charge < -0.3 is 9.88 Å². The molecule has 0 saturated carbocycles. The Morgan fingerprint density at radius 2 is 2.00 bits per heavy atom. The van der Waals surface area contributed by atoms with Gasteiger partial charge in [-0.25, -0.2) is 0 Å². The van der Waals surface area contributed by atoms with Crippen LogP contribution < -0.4 is 5.32 Å². The number of rotatable bonds is 4. The van der Waals surface area contributed by atoms with E-state index in [9.17, 15) is 0 Å². The van der Waals surface area contributed by atoms with Gasteiger partial charge in [-0.05, 0) is 73.4 Å². The molecule has 1 aliphatic rings. The Bertz CT molecular complexity index is 1060. The summed E-state index contributed by atoms with van der Waals surface area (Å²) in [4.78, 5) is 4.04. The molecule has 0 radical (unpaired) electrons. The molecular formula is C23H21N3S. The quantitative estimate of drug-likeness (QED) is 0.388. The summed E-state index contributed by atoms with van der Waals surface area (Å²) in [5.41, 5.74) is 5.14. The molecule has 3 nitrogen and oxygen atoms in total. The van der Waals surface area contributed by atoms with Gasteiger partial charge in [0.15, 0.2) is 0 Å². The first-order valence-electron chi connectivity index (χ1n) is 9.26. The summed E-state index contributed by atoms with van der Waals surface area (Å²) in [6.45, 7) is 3.37. The topological polar surface area (TPSA) is 29.3 Å². The fourth-order valence-electron chi connectivity index (χ4n) is 4.20. The molecule has 1 aromatic heterocycles. The van der Waals surface area contributed by atoms with Crippen molar-refractivity contribution in [1.29, 1.82) is 0 Å². The van der Waals surface area contributed by atoms with E-state index < -0.39 is 0 Å². The molecule has 2 aromatic carbocycles. The smallest absolute Gasteiger partial charge is 0.101 e. The van der Waals surface area contributed by atoms with Gasteiger partial charge in [-0.15, -0.1) is 6.42 Å². The summed E-state index contributed by atoms with van der Waals surface area (Å²) in [6.07, 6.45) is 8.45. The van der Waals surface area contributed by atoms with Crippen molar-refractivity contribution in [1.82, 2.24) is 9.88 Å². The molecule has 4 heteroatoms. The number of aliphatic imine (C=N–C) groups is 1. The largest absolute Gasteiger partial charge is 0.313 e. The van der Waals surface area contributed by atoms with Gasteiger partial charge in [0, 0.05) is 17.1 Å². The fourth-order valence-corrected chi connectivity index (χ4v) is 4.31. The van der Waals surface area contributed by atoms with Gasteiger partial charge in [0.2, 0.25) is 0 Å². The standard InChI is InChI=1S/C23H21N3S/c1-3-21-23(16(2)20-8-6-14-24-20)19-7-4-5-9-22(19)26(21)18-12-10-17(11-13-18)25-15-27/h1,4-5,7,9-13,16,20,24H,6,8,14H2,2H3. The van der Waals surface area contributed by atoms with E-state index in [1.54, 1.807) is 0 Å². The second-order valence-corrected chi connectivity index (χ2v) is 7.15. The average molecular weight is 372 g/mol. The molecule has 1 N–H and O–H groups in total. The highest BCUT2D eigenvalue weighted by Gasteiger charge is 2.28. The van der Waals surface area contributed by atoms with Gasteiger partial charge in [-0.2, -0.15) is 4.99 Å². The highest BCUT2D eigenvalue weighted by Crippen LogP contribution is 2.37. The molecule has 0 aliphatic carbocycles. The summed E-state index contributed by atoms with van der Waals surface area (Å²) < 4.78 is 2.18. The van der Waals surface area contributed by atoms with Gasteiger partial charge in [-0.3, -0.25) is 0 Å². The van der Waals surface area contributed by atoms with E-state index in [4.69, 9.17) is 18.6 Å². The Balaban J connectivity index is 1.93. The lowest BCUT2D eigenvalue weighted by Gasteiger charge is -2.20. The number of hydrogen-bond acceptors (Lipinski definition) is 3. The molecule has 0 bridgehead atoms. The van der Waals surface area contributed by atoms with Crippen LogP contribution in [-0.2, 0) is 0 Å². The zero-order valence-electron chi connectivity index (χ0n) is 15.3. The molecule has 0 amide bonds. The number of isothiocyanates is 1. The summed E-state index contributed by atoms with van der Waals surface area (Å²) >= 11 is 4.69. The van der Waals surface area contributed by atoms with E-state index in [0.717, 1.165) is 29.1 Å². The van der Waals surface area contributed by atoms with E-state index in [1.807, 2.05) is 24.3 Å². The Morgan fingerprint density at radius 3 is 2.67 bits per heavy atom. The SMILES string of the molecule is C#Cc1c(C(C)C2CCCN2)c2ccccc2n1-c1ccc(N=C=S)cc1. The van der Waals surface area contributed by atoms with Gasteiger partial charge in [0.1, 0.15) is 5.69 Å². The number of nitrogens with zero attached hydrogens (tertiary/aromatic N) is 2. The van der Waals surface area contributed by atoms with Crippen molar-refractivity contribution in [3.63, 3.8) is 0 Å². The predicted molar refractivity (Wildman–Crippen MR) is 115 cm³/mol. The van der Waals surface area contributed by atoms with Crippen molar-refractivity contribution in [2.75, 3.05) is 6.54 Å². The Kier molecular flexibility index (Phi) is 4.92. The number of nitrogens with one attached hydrogen (secondary N) is 1. The first-order chi connectivity index (χ1) is 13.2. The molecule has 134 valence electrons. The minimum atomic E-state index is 0.350. The molecule has 2 atom stereocenters. The number of thiocarbonyl (C=S) groups is 1. The van der Waals surface area contributed by atoms with Crippen LogP contribution in [0.1, 0.15) is 36.9 Å². The van der Waals surface area contributed by atoms with Gasteiger partial charge in [0.25, 0.3) is 0 Å². The van der Waals surface area contributed by atoms with Crippen LogP contribution in [-0.4, -0.2) is 22.3 Å². The average Bonchev–Trinajstić information content (AvgIpc) is 3.34. The highest BCUT2D eigenvalue weighted by atomic mass is 32.1. The third kappa shape index (κ3) is 3.11. The van der Waals surface area contributed by atoms with Crippen LogP contribution in [0.3, 0.4) is 0 Å². The molecular weight excluding hydrogens is 350 g/mol. The molecule has 3 aromatic rings. The number of terminal acetylenes is 1. The third-order valence-electron chi connectivity index (χ3n) is 5.49. The number of para-hydroxylation sites is 1. The number of hydrogen-bond donors (Lipinski definition) is 1. The Hall–Kier alpha value is -2.70. The van der Waals surface area contributed by atoms with E-state index in [1.165, 1.54) is 23.8 Å². The molecule has 2 unspecified atom stereocenters. The monoisotopic (exact) mass is 371 g/mol. The first kappa shape index (κ1) is 17.7. The van der Waals surface area contributed by atoms with E-state index >= 15 is 0 Å². The molecule has 1 saturated heterocycles. The van der Waals surface area contributed by atoms with E-state index in [-0.39, 0.29) is 0 Å². The molecule has 4 rings (SSSR count). The molecule has 1 aliphatic heterocycles. The van der Waals surface area contributed by atoms with Crippen LogP contribution in [0.4, 0.5) is 5.69 Å². The van der Waals surface area contributed by atoms with Crippen molar-refractivity contribution in [3.05, 3.63) is 59.8 Å². The fraction of sp³-hybridized carbons (Fsp3) is 0.261. The Morgan fingerprint density at radius 1 is 1.22 bits per heavy atom. The second kappa shape index (κ2) is 7.50. The van der Waals surface area contributed by atoms with E-state index in [2.05, 4.69) is 57.1 Å². The van der Waals surface area contributed by atoms with Crippen LogP contribution in [0.5, 0.6) is 0 Å². The first-order valence-corrected chi connectivity index (χ1v) is 9.67. The highest BCUT2D eigenvalue weighted by molar-refractivity contribution is 7.78. The molecule has 1 fully saturated rings. The molecule has 2 heterocycles. The maximum Gasteiger partial charge on any atom is 0.101 e. The van der Waals surface area contributed by atoms with Crippen LogP contribution in [0.15, 0.2) is 53.5 Å². The van der Waals surface area contributed by atoms with Gasteiger partial charge in [-0.1, -0.05) is 31.0 Å². The normalized spacial score (nSPS) is 17.4. The maximum absolute atomic E-state index is 6.03. The molecule has 0 spiro atoms. The summed E-state index contributed by atoms with van der Waals surface area (Å²) in [5.74, 6) is 3.33. The van der Waals surface area contributed by atoms with Crippen molar-refractivity contribution < 1.29 is 0 Å². The lowest BCUT2D eigenvalue weighted by atomic mass is 9.90. The minimum absolute atomic E-state index is 0.350. The maximum atomic E-state index is 6.03. The van der Waals surface area contributed by atoms with Crippen molar-refractivity contribution in [3.8, 4) is 18.0 Å². The third-order valence-corrected chi connectivity index (χ3v) is 5.58. The van der Waals surface area contributed by atoms with Crippen LogP contribution in [0.25, 0.3) is 16.6 Å². The van der Waals surface area contributed by atoms with Crippen LogP contribution in [0, 0.1) is 12.3 Å². The molecule has 27 heavy (non-hydrogen) atoms. The number of fused-ring (bicyclic) bond motifs is 1. The number of aromatic nitrogens is 1. The minimum Gasteiger partial charge on any atom is -0.313 e. The lowest BCUT2D eigenvalue weighted by Crippen LogP contribution is -2.27. The summed E-state index contributed by atoms with van der Waals surface area (Å²) in [5, 5.41) is 7.27. The summed E-state index contributed by atoms with van der Waals surface area (Å²) in [7, 11) is 0. The van der Waals surface area contributed by atoms with Gasteiger partial charge in [0.05, 0.1) is 16.4 Å². The van der Waals surface area contributed by atoms with E-state index in [0.29, 0.717) is 12.0 Å².